The summed E-state index contributed by atoms with van der Waals surface area (Å²) in [6.45, 7) is 2.47. The van der Waals surface area contributed by atoms with Crippen molar-refractivity contribution in [2.24, 2.45) is 17.1 Å². The van der Waals surface area contributed by atoms with Crippen LogP contribution in [0.2, 0.25) is 0 Å². The van der Waals surface area contributed by atoms with E-state index in [0.29, 0.717) is 5.57 Å². The molecule has 9 heteroatoms. The van der Waals surface area contributed by atoms with Crippen LogP contribution in [0.4, 0.5) is 4.79 Å². The molecule has 2 N–H and O–H groups in total. The number of carbonyl (C=O) groups excluding carboxylic acids is 1. The van der Waals surface area contributed by atoms with Crippen molar-refractivity contribution < 1.29 is 9.53 Å². The second-order valence-corrected chi connectivity index (χ2v) is 8.31. The van der Waals surface area contributed by atoms with Crippen molar-refractivity contribution in [2.75, 3.05) is 19.7 Å². The standard InChI is InChI=1S/C19H16BrN5O2S/c1-2-27-18(26)25-4-3-12-13(6-21)17(24)19(9-22,10-23)16(14(12)7-25)15-5-11(20)8-28-15/h3,5,8,14,16H,2,4,7,24H2,1H3. The van der Waals surface area contributed by atoms with Crippen molar-refractivity contribution in [3.8, 4) is 18.2 Å². The summed E-state index contributed by atoms with van der Waals surface area (Å²) in [6, 6.07) is 8.07. The van der Waals surface area contributed by atoms with Gasteiger partial charge in [0.25, 0.3) is 0 Å². The van der Waals surface area contributed by atoms with Gasteiger partial charge in [-0.15, -0.1) is 11.3 Å². The predicted molar refractivity (Wildman–Crippen MR) is 105 cm³/mol. The minimum Gasteiger partial charge on any atom is -0.450 e. The molecule has 1 aromatic heterocycles. The van der Waals surface area contributed by atoms with Crippen molar-refractivity contribution >= 4 is 33.4 Å². The Kier molecular flexibility index (Phi) is 5.47. The van der Waals surface area contributed by atoms with Crippen LogP contribution in [0.1, 0.15) is 17.7 Å². The zero-order valence-electron chi connectivity index (χ0n) is 15.0. The van der Waals surface area contributed by atoms with Crippen LogP contribution in [0.15, 0.2) is 38.8 Å². The summed E-state index contributed by atoms with van der Waals surface area (Å²) < 4.78 is 5.93. The SMILES string of the molecule is CCOC(=O)N1CC=C2C(C#N)=C(N)C(C#N)(C#N)C(c3cc(Br)cs3)C2C1. The number of rotatable bonds is 2. The third-order valence-electron chi connectivity index (χ3n) is 5.08. The van der Waals surface area contributed by atoms with Gasteiger partial charge >= 0.3 is 6.09 Å². The second kappa shape index (κ2) is 7.67. The molecular formula is C19H16BrN5O2S. The van der Waals surface area contributed by atoms with E-state index in [4.69, 9.17) is 10.5 Å². The maximum absolute atomic E-state index is 12.3. The van der Waals surface area contributed by atoms with Gasteiger partial charge in [-0.2, -0.15) is 15.8 Å². The van der Waals surface area contributed by atoms with Crippen LogP contribution in [0, 0.1) is 45.3 Å². The number of carbonyl (C=O) groups is 1. The quantitative estimate of drug-likeness (QED) is 0.724. The van der Waals surface area contributed by atoms with Crippen molar-refractivity contribution in [1.82, 2.24) is 4.90 Å². The molecule has 142 valence electrons. The fourth-order valence-corrected chi connectivity index (χ4v) is 5.52. The Hall–Kier alpha value is -2.80. The molecule has 28 heavy (non-hydrogen) atoms. The van der Waals surface area contributed by atoms with E-state index in [0.717, 1.165) is 9.35 Å². The lowest BCUT2D eigenvalue weighted by molar-refractivity contribution is 0.100. The average molecular weight is 458 g/mol. The van der Waals surface area contributed by atoms with Crippen LogP contribution in [0.25, 0.3) is 0 Å². The molecule has 1 aromatic rings. The maximum atomic E-state index is 12.3. The Morgan fingerprint density at radius 1 is 1.46 bits per heavy atom. The minimum atomic E-state index is -1.70. The Morgan fingerprint density at radius 3 is 2.71 bits per heavy atom. The molecule has 0 radical (unpaired) electrons. The molecule has 2 heterocycles. The molecule has 1 aliphatic heterocycles. The number of fused-ring (bicyclic) bond motifs is 1. The molecule has 0 bridgehead atoms. The van der Waals surface area contributed by atoms with Gasteiger partial charge in [-0.25, -0.2) is 4.79 Å². The molecule has 7 nitrogen and oxygen atoms in total. The highest BCUT2D eigenvalue weighted by Gasteiger charge is 2.55. The van der Waals surface area contributed by atoms with E-state index in [1.165, 1.54) is 16.2 Å². The molecule has 3 rings (SSSR count). The molecule has 0 aromatic carbocycles. The smallest absolute Gasteiger partial charge is 0.410 e. The van der Waals surface area contributed by atoms with Gasteiger partial charge in [0.1, 0.15) is 6.07 Å². The number of nitrogens with zero attached hydrogens (tertiary/aromatic N) is 4. The van der Waals surface area contributed by atoms with Gasteiger partial charge in [-0.05, 0) is 34.5 Å². The lowest BCUT2D eigenvalue weighted by atomic mass is 9.59. The van der Waals surface area contributed by atoms with Gasteiger partial charge in [0.2, 0.25) is 0 Å². The number of hydrogen-bond donors (Lipinski definition) is 1. The number of hydrogen-bond acceptors (Lipinski definition) is 7. The van der Waals surface area contributed by atoms with Crippen molar-refractivity contribution in [2.45, 2.75) is 12.8 Å². The number of amides is 1. The Labute approximate surface area is 175 Å². The summed E-state index contributed by atoms with van der Waals surface area (Å²) >= 11 is 4.82. The molecule has 2 aliphatic rings. The van der Waals surface area contributed by atoms with E-state index in [1.54, 1.807) is 13.0 Å². The van der Waals surface area contributed by atoms with Gasteiger partial charge in [0, 0.05) is 39.7 Å². The number of nitriles is 3. The molecule has 0 saturated heterocycles. The van der Waals surface area contributed by atoms with Crippen molar-refractivity contribution in [3.05, 3.63) is 43.7 Å². The van der Waals surface area contributed by atoms with Crippen LogP contribution in [-0.2, 0) is 4.74 Å². The van der Waals surface area contributed by atoms with Crippen LogP contribution in [0.3, 0.4) is 0 Å². The summed E-state index contributed by atoms with van der Waals surface area (Å²) in [7, 11) is 0. The Bertz CT molecular complexity index is 993. The molecule has 2 unspecified atom stereocenters. The fraction of sp³-hybridized carbons (Fsp3) is 0.368. The van der Waals surface area contributed by atoms with E-state index < -0.39 is 23.3 Å². The van der Waals surface area contributed by atoms with Crippen LogP contribution >= 0.6 is 27.3 Å². The summed E-state index contributed by atoms with van der Waals surface area (Å²) in [4.78, 5) is 14.6. The summed E-state index contributed by atoms with van der Waals surface area (Å²) in [5.74, 6) is -1.04. The third-order valence-corrected chi connectivity index (χ3v) is 6.86. The number of nitrogens with two attached hydrogens (primary N) is 1. The normalized spacial score (nSPS) is 23.0. The van der Waals surface area contributed by atoms with Crippen LogP contribution in [0.5, 0.6) is 0 Å². The molecular weight excluding hydrogens is 442 g/mol. The van der Waals surface area contributed by atoms with Gasteiger partial charge in [-0.3, -0.25) is 0 Å². The molecule has 0 spiro atoms. The van der Waals surface area contributed by atoms with Gasteiger partial charge < -0.3 is 15.4 Å². The summed E-state index contributed by atoms with van der Waals surface area (Å²) in [5.41, 5.74) is 5.34. The van der Waals surface area contributed by atoms with Crippen molar-refractivity contribution in [3.63, 3.8) is 0 Å². The largest absolute Gasteiger partial charge is 0.450 e. The zero-order chi connectivity index (χ0) is 20.5. The lowest BCUT2D eigenvalue weighted by Gasteiger charge is -2.44. The molecule has 1 amide bonds. The maximum Gasteiger partial charge on any atom is 0.410 e. The summed E-state index contributed by atoms with van der Waals surface area (Å²) in [6.07, 6.45) is 1.30. The molecule has 2 atom stereocenters. The first kappa shape index (κ1) is 19.9. The number of thiophene rings is 1. The molecule has 0 fully saturated rings. The average Bonchev–Trinajstić information content (AvgIpc) is 3.12. The predicted octanol–water partition coefficient (Wildman–Crippen LogP) is 3.39. The minimum absolute atomic E-state index is 0.0263. The van der Waals surface area contributed by atoms with Crippen LogP contribution in [-0.4, -0.2) is 30.7 Å². The third kappa shape index (κ3) is 2.96. The van der Waals surface area contributed by atoms with Crippen LogP contribution < -0.4 is 5.73 Å². The zero-order valence-corrected chi connectivity index (χ0v) is 17.4. The van der Waals surface area contributed by atoms with E-state index in [2.05, 4.69) is 34.1 Å². The highest BCUT2D eigenvalue weighted by Crippen LogP contribution is 2.55. The fourth-order valence-electron chi connectivity index (χ4n) is 3.84. The first-order chi connectivity index (χ1) is 13.4. The number of halogens is 1. The van der Waals surface area contributed by atoms with Gasteiger partial charge in [0.05, 0.1) is 30.0 Å². The first-order valence-electron chi connectivity index (χ1n) is 8.52. The van der Waals surface area contributed by atoms with Gasteiger partial charge in [0.15, 0.2) is 5.41 Å². The Morgan fingerprint density at radius 2 is 2.18 bits per heavy atom. The highest BCUT2D eigenvalue weighted by atomic mass is 79.9. The molecule has 0 saturated carbocycles. The number of ether oxygens (including phenoxy) is 1. The van der Waals surface area contributed by atoms with E-state index in [-0.39, 0.29) is 31.0 Å². The van der Waals surface area contributed by atoms with Gasteiger partial charge in [-0.1, -0.05) is 6.08 Å². The topological polar surface area (TPSA) is 127 Å². The monoisotopic (exact) mass is 457 g/mol. The molecule has 1 aliphatic carbocycles. The highest BCUT2D eigenvalue weighted by molar-refractivity contribution is 9.10. The first-order valence-corrected chi connectivity index (χ1v) is 10.2. The lowest BCUT2D eigenvalue weighted by Crippen LogP contribution is -2.49. The Balaban J connectivity index is 2.22. The summed E-state index contributed by atoms with van der Waals surface area (Å²) in [5, 5.41) is 31.5. The van der Waals surface area contributed by atoms with E-state index in [9.17, 15) is 20.6 Å². The second-order valence-electron chi connectivity index (χ2n) is 6.45. The van der Waals surface area contributed by atoms with E-state index >= 15 is 0 Å². The van der Waals surface area contributed by atoms with Crippen molar-refractivity contribution in [1.29, 1.82) is 15.8 Å². The van der Waals surface area contributed by atoms with E-state index in [1.807, 2.05) is 11.4 Å². The number of allylic oxidation sites excluding steroid dienone is 2.